The first-order valence-electron chi connectivity index (χ1n) is 7.58. The highest BCUT2D eigenvalue weighted by Gasteiger charge is 2.24. The van der Waals surface area contributed by atoms with Crippen LogP contribution in [0.1, 0.15) is 18.3 Å². The number of amides is 1. The van der Waals surface area contributed by atoms with Crippen LogP contribution in [0.3, 0.4) is 0 Å². The lowest BCUT2D eigenvalue weighted by molar-refractivity contribution is -0.122. The molecule has 1 aromatic carbocycles. The lowest BCUT2D eigenvalue weighted by atomic mass is 10.1. The first-order valence-corrected chi connectivity index (χ1v) is 8.37. The topological polar surface area (TPSA) is 68.5 Å². The maximum absolute atomic E-state index is 11.8. The molecule has 4 rings (SSSR count). The average Bonchev–Trinajstić information content (AvgIpc) is 2.97. The van der Waals surface area contributed by atoms with Gasteiger partial charge in [0.15, 0.2) is 6.10 Å². The van der Waals surface area contributed by atoms with Gasteiger partial charge in [0.25, 0.3) is 5.91 Å². The van der Waals surface area contributed by atoms with E-state index in [4.69, 9.17) is 4.74 Å². The molecule has 3 aromatic rings. The Balaban J connectivity index is 1.82. The van der Waals surface area contributed by atoms with Crippen molar-refractivity contribution in [2.24, 2.45) is 0 Å². The maximum Gasteiger partial charge on any atom is 0.265 e. The number of aryl methyl sites for hydroxylation is 2. The molecular weight excluding hydrogens is 372 g/mol. The van der Waals surface area contributed by atoms with Crippen molar-refractivity contribution in [3.8, 4) is 17.0 Å². The molecule has 122 valence electrons. The highest BCUT2D eigenvalue weighted by Crippen LogP contribution is 2.34. The number of ether oxygens (including phenoxy) is 1. The smallest absolute Gasteiger partial charge is 0.265 e. The van der Waals surface area contributed by atoms with E-state index in [2.05, 4.69) is 31.2 Å². The third-order valence-corrected chi connectivity index (χ3v) is 5.31. The van der Waals surface area contributed by atoms with Gasteiger partial charge in [0.1, 0.15) is 5.75 Å². The fourth-order valence-corrected chi connectivity index (χ4v) is 3.05. The zero-order chi connectivity index (χ0) is 17.0. The number of carbonyl (C=O) groups excluding carboxylic acids is 1. The zero-order valence-corrected chi connectivity index (χ0v) is 15.0. The molecule has 1 unspecified atom stereocenters. The molecule has 0 saturated carbocycles. The van der Waals surface area contributed by atoms with Crippen molar-refractivity contribution in [1.82, 2.24) is 14.4 Å². The summed E-state index contributed by atoms with van der Waals surface area (Å²) in [6.07, 6.45) is 1.46. The largest absolute Gasteiger partial charge is 0.479 e. The van der Waals surface area contributed by atoms with Gasteiger partial charge in [0.05, 0.1) is 21.5 Å². The number of hydrogen-bond donors (Lipinski definition) is 1. The Labute approximate surface area is 147 Å². The minimum Gasteiger partial charge on any atom is -0.479 e. The minimum atomic E-state index is -0.481. The molecule has 1 aliphatic rings. The van der Waals surface area contributed by atoms with Crippen LogP contribution in [0.25, 0.3) is 17.0 Å². The zero-order valence-electron chi connectivity index (χ0n) is 13.4. The summed E-state index contributed by atoms with van der Waals surface area (Å²) < 4.78 is 8.51. The van der Waals surface area contributed by atoms with Crippen LogP contribution in [-0.4, -0.2) is 26.4 Å². The summed E-state index contributed by atoms with van der Waals surface area (Å²) >= 11 is 3.55. The molecule has 0 aliphatic carbocycles. The number of aromatic nitrogens is 3. The molecule has 24 heavy (non-hydrogen) atoms. The molecule has 1 N–H and O–H groups in total. The summed E-state index contributed by atoms with van der Waals surface area (Å²) in [7, 11) is 0. The average molecular weight is 387 g/mol. The van der Waals surface area contributed by atoms with Gasteiger partial charge in [-0.05, 0) is 54.9 Å². The van der Waals surface area contributed by atoms with E-state index in [0.717, 1.165) is 27.1 Å². The number of anilines is 1. The van der Waals surface area contributed by atoms with Crippen molar-refractivity contribution >= 4 is 33.3 Å². The van der Waals surface area contributed by atoms with Crippen LogP contribution in [0.5, 0.6) is 5.75 Å². The van der Waals surface area contributed by atoms with E-state index in [9.17, 15) is 4.79 Å². The monoisotopic (exact) mass is 386 g/mol. The van der Waals surface area contributed by atoms with Gasteiger partial charge in [0.2, 0.25) is 5.78 Å². The third kappa shape index (κ3) is 2.27. The van der Waals surface area contributed by atoms with Crippen LogP contribution in [-0.2, 0) is 4.79 Å². The Hall–Kier alpha value is -2.41. The molecule has 3 heterocycles. The predicted molar refractivity (Wildman–Crippen MR) is 94.3 cm³/mol. The maximum atomic E-state index is 11.8. The van der Waals surface area contributed by atoms with Crippen molar-refractivity contribution in [2.45, 2.75) is 26.9 Å². The van der Waals surface area contributed by atoms with Gasteiger partial charge in [-0.2, -0.15) is 0 Å². The molecule has 2 aromatic heterocycles. The molecule has 1 aliphatic heterocycles. The number of imidazole rings is 1. The number of carbonyl (C=O) groups is 1. The van der Waals surface area contributed by atoms with Crippen molar-refractivity contribution in [3.63, 3.8) is 0 Å². The first kappa shape index (κ1) is 15.1. The Kier molecular flexibility index (Phi) is 3.35. The summed E-state index contributed by atoms with van der Waals surface area (Å²) in [5.41, 5.74) is 4.29. The number of hydrogen-bond acceptors (Lipinski definition) is 4. The van der Waals surface area contributed by atoms with Gasteiger partial charge < -0.3 is 10.1 Å². The number of nitrogens with zero attached hydrogens (tertiary/aromatic N) is 3. The third-order valence-electron chi connectivity index (χ3n) is 4.16. The van der Waals surface area contributed by atoms with E-state index in [-0.39, 0.29) is 5.91 Å². The number of benzene rings is 1. The number of nitrogens with one attached hydrogen (secondary N) is 1. The molecule has 6 nitrogen and oxygen atoms in total. The predicted octanol–water partition coefficient (Wildman–Crippen LogP) is 3.50. The van der Waals surface area contributed by atoms with Crippen LogP contribution in [0.4, 0.5) is 5.69 Å². The van der Waals surface area contributed by atoms with E-state index < -0.39 is 6.10 Å². The molecule has 1 atom stereocenters. The van der Waals surface area contributed by atoms with Gasteiger partial charge in [-0.15, -0.1) is 0 Å². The number of rotatable bonds is 1. The van der Waals surface area contributed by atoms with E-state index in [1.807, 2.05) is 42.6 Å². The number of fused-ring (bicyclic) bond motifs is 2. The highest BCUT2D eigenvalue weighted by molar-refractivity contribution is 9.10. The Bertz CT molecular complexity index is 996. The van der Waals surface area contributed by atoms with Crippen LogP contribution in [0.2, 0.25) is 0 Å². The summed E-state index contributed by atoms with van der Waals surface area (Å²) in [4.78, 5) is 20.9. The second kappa shape index (κ2) is 5.31. The van der Waals surface area contributed by atoms with Crippen molar-refractivity contribution in [3.05, 3.63) is 40.3 Å². The lowest BCUT2D eigenvalue weighted by Crippen LogP contribution is -2.34. The standard InChI is InChI=1S/C17H15BrN4O2/c1-8-15(18)9(2)22-7-13(21-17(22)19-8)11-4-5-14-12(6-11)20-16(23)10(3)24-14/h4-7,10H,1-3H3,(H,20,23). The quantitative estimate of drug-likeness (QED) is 0.694. The fraction of sp³-hybridized carbons (Fsp3) is 0.235. The normalized spacial score (nSPS) is 16.7. The van der Waals surface area contributed by atoms with E-state index in [1.165, 1.54) is 0 Å². The van der Waals surface area contributed by atoms with E-state index in [0.29, 0.717) is 17.2 Å². The van der Waals surface area contributed by atoms with Gasteiger partial charge in [-0.3, -0.25) is 9.20 Å². The Morgan fingerprint density at radius 2 is 2.08 bits per heavy atom. The summed E-state index contributed by atoms with van der Waals surface area (Å²) in [5, 5.41) is 2.86. The SMILES string of the molecule is Cc1nc2nc(-c3ccc4c(c3)NC(=O)C(C)O4)cn2c(C)c1Br. The molecule has 0 radical (unpaired) electrons. The lowest BCUT2D eigenvalue weighted by Gasteiger charge is -2.23. The summed E-state index contributed by atoms with van der Waals surface area (Å²) in [6.45, 7) is 5.68. The van der Waals surface area contributed by atoms with E-state index >= 15 is 0 Å². The van der Waals surface area contributed by atoms with Gasteiger partial charge in [-0.25, -0.2) is 9.97 Å². The van der Waals surface area contributed by atoms with Crippen molar-refractivity contribution < 1.29 is 9.53 Å². The molecule has 7 heteroatoms. The minimum absolute atomic E-state index is 0.147. The molecular formula is C17H15BrN4O2. The van der Waals surface area contributed by atoms with Crippen molar-refractivity contribution in [1.29, 1.82) is 0 Å². The van der Waals surface area contributed by atoms with Gasteiger partial charge in [0, 0.05) is 17.5 Å². The second-order valence-electron chi connectivity index (χ2n) is 5.85. The molecule has 1 amide bonds. The van der Waals surface area contributed by atoms with Crippen molar-refractivity contribution in [2.75, 3.05) is 5.32 Å². The second-order valence-corrected chi connectivity index (χ2v) is 6.65. The summed E-state index contributed by atoms with van der Waals surface area (Å²) in [6, 6.07) is 5.66. The number of halogens is 1. The highest BCUT2D eigenvalue weighted by atomic mass is 79.9. The van der Waals surface area contributed by atoms with Gasteiger partial charge in [-0.1, -0.05) is 0 Å². The van der Waals surface area contributed by atoms with Crippen LogP contribution >= 0.6 is 15.9 Å². The Morgan fingerprint density at radius 1 is 1.29 bits per heavy atom. The fourth-order valence-electron chi connectivity index (χ4n) is 2.77. The van der Waals surface area contributed by atoms with Gasteiger partial charge >= 0.3 is 0 Å². The molecule has 0 fully saturated rings. The van der Waals surface area contributed by atoms with Crippen LogP contribution in [0, 0.1) is 13.8 Å². The molecule has 0 spiro atoms. The van der Waals surface area contributed by atoms with Crippen LogP contribution in [0.15, 0.2) is 28.9 Å². The van der Waals surface area contributed by atoms with E-state index in [1.54, 1.807) is 6.92 Å². The molecule has 0 bridgehead atoms. The van der Waals surface area contributed by atoms with Crippen LogP contribution < -0.4 is 10.1 Å². The summed E-state index contributed by atoms with van der Waals surface area (Å²) in [5.74, 6) is 1.17. The Morgan fingerprint density at radius 3 is 2.88 bits per heavy atom. The first-order chi connectivity index (χ1) is 11.4. The molecule has 0 saturated heterocycles.